The number of anilines is 1. The van der Waals surface area contributed by atoms with Gasteiger partial charge in [0.05, 0.1) is 12.5 Å². The minimum atomic E-state index is -0.987. The second kappa shape index (κ2) is 11.8. The van der Waals surface area contributed by atoms with E-state index in [1.165, 1.54) is 0 Å². The van der Waals surface area contributed by atoms with Crippen LogP contribution in [0.3, 0.4) is 0 Å². The average molecular weight is 578 g/mol. The zero-order chi connectivity index (χ0) is 29.3. The number of aryl methyl sites for hydroxylation is 2. The summed E-state index contributed by atoms with van der Waals surface area (Å²) in [5.41, 5.74) is 9.82. The largest absolute Gasteiger partial charge is 0.481 e. The lowest BCUT2D eigenvalue weighted by molar-refractivity contribution is -0.143. The molecule has 0 bridgehead atoms. The predicted octanol–water partition coefficient (Wildman–Crippen LogP) is 4.77. The van der Waals surface area contributed by atoms with Gasteiger partial charge in [0.15, 0.2) is 11.5 Å². The molecule has 2 aliphatic rings. The summed E-state index contributed by atoms with van der Waals surface area (Å²) < 4.78 is 11.0. The van der Waals surface area contributed by atoms with Crippen molar-refractivity contribution in [1.29, 1.82) is 0 Å². The molecular formula is C31H32ClN3O6. The standard InChI is InChI=1S/C31H32ClN3O6/c1-3-17-11-22(32)12-18(4-2)28(17)34-26(36)15-35-14-23(21-9-10-24-25(13-21)41-16-40-24)27(31(38)39)29(35)19-5-7-20(8-6-19)30(33)37/h5-13,23,27,29H,3-4,14-16H2,1-2H3,(H2,33,37)(H,34,36)(H,38,39)/t23-,27?,29+/m1/s1. The SMILES string of the molecule is CCc1cc(Cl)cc(CC)c1NC(=O)CN1C[C@H](c2ccc3c(c2)OCO3)C(C(=O)O)[C@@H]1c1ccc(C(N)=O)cc1. The van der Waals surface area contributed by atoms with Gasteiger partial charge in [0.25, 0.3) is 0 Å². The van der Waals surface area contributed by atoms with Crippen molar-refractivity contribution in [3.05, 3.63) is 87.4 Å². The summed E-state index contributed by atoms with van der Waals surface area (Å²) in [5.74, 6) is -1.97. The molecule has 4 N–H and O–H groups in total. The summed E-state index contributed by atoms with van der Waals surface area (Å²) in [5, 5.41) is 14.2. The first kappa shape index (κ1) is 28.4. The Balaban J connectivity index is 1.50. The average Bonchev–Trinajstić information content (AvgIpc) is 3.58. The summed E-state index contributed by atoms with van der Waals surface area (Å²) >= 11 is 6.30. The Hall–Kier alpha value is -4.08. The third-order valence-electron chi connectivity index (χ3n) is 7.88. The fourth-order valence-corrected chi connectivity index (χ4v) is 6.19. The predicted molar refractivity (Wildman–Crippen MR) is 155 cm³/mol. The number of benzene rings is 3. The Morgan fingerprint density at radius 2 is 1.61 bits per heavy atom. The number of amides is 2. The highest BCUT2D eigenvalue weighted by Gasteiger charge is 2.48. The molecule has 0 spiro atoms. The highest BCUT2D eigenvalue weighted by atomic mass is 35.5. The number of primary amides is 1. The number of ether oxygens (including phenoxy) is 2. The molecule has 1 fully saturated rings. The molecule has 0 saturated carbocycles. The molecule has 3 aromatic rings. The normalized spacial score (nSPS) is 19.7. The molecule has 41 heavy (non-hydrogen) atoms. The van der Waals surface area contributed by atoms with E-state index in [4.69, 9.17) is 26.8 Å². The van der Waals surface area contributed by atoms with Crippen LogP contribution in [0.4, 0.5) is 5.69 Å². The number of carbonyl (C=O) groups is 3. The number of carboxylic acids is 1. The fraction of sp³-hybridized carbons (Fsp3) is 0.323. The van der Waals surface area contributed by atoms with E-state index in [1.807, 2.05) is 43.0 Å². The maximum absolute atomic E-state index is 13.6. The van der Waals surface area contributed by atoms with Gasteiger partial charge in [0.1, 0.15) is 0 Å². The van der Waals surface area contributed by atoms with Gasteiger partial charge in [0, 0.05) is 34.8 Å². The van der Waals surface area contributed by atoms with Crippen LogP contribution in [-0.4, -0.2) is 47.7 Å². The number of nitrogens with zero attached hydrogens (tertiary/aromatic N) is 1. The number of rotatable bonds is 9. The zero-order valence-electron chi connectivity index (χ0n) is 22.9. The number of hydrogen-bond donors (Lipinski definition) is 3. The van der Waals surface area contributed by atoms with Gasteiger partial charge in [-0.3, -0.25) is 19.3 Å². The van der Waals surface area contributed by atoms with Gasteiger partial charge < -0.3 is 25.6 Å². The number of aliphatic carboxylic acids is 1. The van der Waals surface area contributed by atoms with Crippen molar-refractivity contribution in [2.45, 2.75) is 38.6 Å². The van der Waals surface area contributed by atoms with E-state index in [1.54, 1.807) is 30.3 Å². The van der Waals surface area contributed by atoms with E-state index in [2.05, 4.69) is 5.32 Å². The number of nitrogens with two attached hydrogens (primary N) is 1. The number of carboxylic acid groups (broad SMARTS) is 1. The van der Waals surface area contributed by atoms with E-state index in [0.29, 0.717) is 47.0 Å². The van der Waals surface area contributed by atoms with Gasteiger partial charge in [-0.25, -0.2) is 0 Å². The number of nitrogens with one attached hydrogen (secondary N) is 1. The molecule has 1 unspecified atom stereocenters. The Bertz CT molecular complexity index is 1470. The van der Waals surface area contributed by atoms with E-state index in [-0.39, 0.29) is 19.2 Å². The third-order valence-corrected chi connectivity index (χ3v) is 8.10. The maximum Gasteiger partial charge on any atom is 0.309 e. The van der Waals surface area contributed by atoms with Crippen molar-refractivity contribution >= 4 is 35.1 Å². The van der Waals surface area contributed by atoms with E-state index >= 15 is 0 Å². The molecule has 214 valence electrons. The number of hydrogen-bond acceptors (Lipinski definition) is 6. The Kier molecular flexibility index (Phi) is 8.19. The van der Waals surface area contributed by atoms with Gasteiger partial charge in [0.2, 0.25) is 18.6 Å². The smallest absolute Gasteiger partial charge is 0.309 e. The van der Waals surface area contributed by atoms with Crippen molar-refractivity contribution < 1.29 is 29.0 Å². The quantitative estimate of drug-likeness (QED) is 0.334. The monoisotopic (exact) mass is 577 g/mol. The van der Waals surface area contributed by atoms with Crippen molar-refractivity contribution in [1.82, 2.24) is 4.90 Å². The molecule has 3 aromatic carbocycles. The first-order valence-corrected chi connectivity index (χ1v) is 13.9. The van der Waals surface area contributed by atoms with Crippen LogP contribution in [0.2, 0.25) is 5.02 Å². The Morgan fingerprint density at radius 3 is 2.22 bits per heavy atom. The topological polar surface area (TPSA) is 131 Å². The second-order valence-electron chi connectivity index (χ2n) is 10.3. The summed E-state index contributed by atoms with van der Waals surface area (Å²) in [4.78, 5) is 39.9. The van der Waals surface area contributed by atoms with Gasteiger partial charge in [-0.2, -0.15) is 0 Å². The lowest BCUT2D eigenvalue weighted by atomic mass is 9.82. The van der Waals surface area contributed by atoms with Crippen LogP contribution in [-0.2, 0) is 22.4 Å². The molecule has 3 atom stereocenters. The summed E-state index contributed by atoms with van der Waals surface area (Å²) in [6.45, 7) is 4.38. The van der Waals surface area contributed by atoms with Crippen LogP contribution < -0.4 is 20.5 Å². The Labute approximate surface area is 243 Å². The van der Waals surface area contributed by atoms with E-state index in [9.17, 15) is 19.5 Å². The minimum absolute atomic E-state index is 0.0397. The number of carbonyl (C=O) groups excluding carboxylic acids is 2. The molecule has 0 aromatic heterocycles. The van der Waals surface area contributed by atoms with Crippen LogP contribution >= 0.6 is 11.6 Å². The third kappa shape index (κ3) is 5.73. The summed E-state index contributed by atoms with van der Waals surface area (Å²) in [6.07, 6.45) is 1.38. The molecule has 0 aliphatic carbocycles. The summed E-state index contributed by atoms with van der Waals surface area (Å²) in [6, 6.07) is 15.1. The minimum Gasteiger partial charge on any atom is -0.481 e. The second-order valence-corrected chi connectivity index (χ2v) is 10.7. The molecule has 10 heteroatoms. The molecule has 2 aliphatic heterocycles. The lowest BCUT2D eigenvalue weighted by Crippen LogP contribution is -2.35. The first-order valence-electron chi connectivity index (χ1n) is 13.6. The highest BCUT2D eigenvalue weighted by molar-refractivity contribution is 6.30. The lowest BCUT2D eigenvalue weighted by Gasteiger charge is -2.27. The molecule has 0 radical (unpaired) electrons. The van der Waals surface area contributed by atoms with Gasteiger partial charge in [-0.15, -0.1) is 0 Å². The van der Waals surface area contributed by atoms with Crippen LogP contribution in [0.1, 0.15) is 58.4 Å². The molecule has 9 nitrogen and oxygen atoms in total. The molecule has 2 amide bonds. The van der Waals surface area contributed by atoms with Gasteiger partial charge in [-0.05, 0) is 71.5 Å². The fourth-order valence-electron chi connectivity index (χ4n) is 5.92. The first-order chi connectivity index (χ1) is 19.7. The summed E-state index contributed by atoms with van der Waals surface area (Å²) in [7, 11) is 0. The number of halogens is 1. The van der Waals surface area contributed by atoms with Crippen LogP contribution in [0.15, 0.2) is 54.6 Å². The molecule has 2 heterocycles. The van der Waals surface area contributed by atoms with E-state index < -0.39 is 29.8 Å². The van der Waals surface area contributed by atoms with Gasteiger partial charge >= 0.3 is 5.97 Å². The van der Waals surface area contributed by atoms with E-state index in [0.717, 1.165) is 22.4 Å². The highest BCUT2D eigenvalue weighted by Crippen LogP contribution is 2.47. The van der Waals surface area contributed by atoms with Crippen LogP contribution in [0.5, 0.6) is 11.5 Å². The van der Waals surface area contributed by atoms with Crippen molar-refractivity contribution in [2.75, 3.05) is 25.2 Å². The van der Waals surface area contributed by atoms with Crippen LogP contribution in [0, 0.1) is 5.92 Å². The van der Waals surface area contributed by atoms with Crippen molar-refractivity contribution in [3.8, 4) is 11.5 Å². The molecular weight excluding hydrogens is 546 g/mol. The maximum atomic E-state index is 13.6. The van der Waals surface area contributed by atoms with Crippen LogP contribution in [0.25, 0.3) is 0 Å². The van der Waals surface area contributed by atoms with Crippen molar-refractivity contribution in [2.24, 2.45) is 11.7 Å². The number of likely N-dealkylation sites (tertiary alicyclic amines) is 1. The number of fused-ring (bicyclic) bond motifs is 1. The van der Waals surface area contributed by atoms with Crippen molar-refractivity contribution in [3.63, 3.8) is 0 Å². The molecule has 5 rings (SSSR count). The Morgan fingerprint density at radius 1 is 0.976 bits per heavy atom. The molecule has 1 saturated heterocycles. The van der Waals surface area contributed by atoms with Gasteiger partial charge in [-0.1, -0.05) is 43.6 Å². The zero-order valence-corrected chi connectivity index (χ0v) is 23.6.